The second-order valence-corrected chi connectivity index (χ2v) is 3.49. The Morgan fingerprint density at radius 3 is 2.18 bits per heavy atom. The molecule has 0 unspecified atom stereocenters. The molecule has 0 fully saturated rings. The van der Waals surface area contributed by atoms with Crippen molar-refractivity contribution >= 4 is 5.69 Å². The molecule has 0 aliphatic rings. The predicted octanol–water partition coefficient (Wildman–Crippen LogP) is 2.99. The van der Waals surface area contributed by atoms with Crippen LogP contribution in [0.15, 0.2) is 12.1 Å². The van der Waals surface area contributed by atoms with E-state index in [-0.39, 0.29) is 5.69 Å². The number of halogens is 3. The molecule has 0 amide bonds. The van der Waals surface area contributed by atoms with E-state index in [0.29, 0.717) is 11.5 Å². The summed E-state index contributed by atoms with van der Waals surface area (Å²) in [5.74, 6) is 0.864. The normalized spacial score (nSPS) is 11.2. The summed E-state index contributed by atoms with van der Waals surface area (Å²) in [7, 11) is 2.86. The van der Waals surface area contributed by atoms with Gasteiger partial charge in [-0.15, -0.1) is 0 Å². The van der Waals surface area contributed by atoms with Gasteiger partial charge < -0.3 is 14.8 Å². The van der Waals surface area contributed by atoms with Crippen LogP contribution in [0.25, 0.3) is 0 Å². The molecule has 6 heteroatoms. The van der Waals surface area contributed by atoms with Gasteiger partial charge in [-0.2, -0.15) is 13.2 Å². The zero-order chi connectivity index (χ0) is 13.1. The highest BCUT2D eigenvalue weighted by molar-refractivity contribution is 5.62. The van der Waals surface area contributed by atoms with Crippen LogP contribution in [0.3, 0.4) is 0 Å². The molecule has 0 atom stereocenters. The number of nitrogens with one attached hydrogen (secondary N) is 1. The Balaban J connectivity index is 2.96. The first-order valence-corrected chi connectivity index (χ1v) is 4.90. The minimum atomic E-state index is -4.27. The first-order valence-electron chi connectivity index (χ1n) is 4.90. The number of hydrogen-bond donors (Lipinski definition) is 1. The molecule has 1 rings (SSSR count). The van der Waals surface area contributed by atoms with E-state index in [4.69, 9.17) is 9.47 Å². The van der Waals surface area contributed by atoms with Crippen LogP contribution in [0.1, 0.15) is 5.56 Å². The van der Waals surface area contributed by atoms with Crippen molar-refractivity contribution in [1.29, 1.82) is 0 Å². The van der Waals surface area contributed by atoms with Crippen molar-refractivity contribution in [2.45, 2.75) is 13.1 Å². The predicted molar refractivity (Wildman–Crippen MR) is 58.8 cm³/mol. The lowest BCUT2D eigenvalue weighted by Crippen LogP contribution is -2.21. The molecular formula is C11H14F3NO2. The van der Waals surface area contributed by atoms with Gasteiger partial charge in [-0.3, -0.25) is 0 Å². The highest BCUT2D eigenvalue weighted by Crippen LogP contribution is 2.33. The Kier molecular flexibility index (Phi) is 4.09. The van der Waals surface area contributed by atoms with E-state index in [1.807, 2.05) is 0 Å². The fourth-order valence-corrected chi connectivity index (χ4v) is 1.38. The summed E-state index contributed by atoms with van der Waals surface area (Å²) in [6, 6.07) is 3.11. The fraction of sp³-hybridized carbons (Fsp3) is 0.455. The zero-order valence-corrected chi connectivity index (χ0v) is 9.81. The van der Waals surface area contributed by atoms with Gasteiger partial charge in [0.25, 0.3) is 0 Å². The third kappa shape index (κ3) is 3.72. The average Bonchev–Trinajstić information content (AvgIpc) is 2.25. The molecule has 0 aliphatic heterocycles. The minimum absolute atomic E-state index is 0.257. The first-order chi connectivity index (χ1) is 7.87. The van der Waals surface area contributed by atoms with E-state index in [9.17, 15) is 13.2 Å². The van der Waals surface area contributed by atoms with E-state index in [1.54, 1.807) is 13.0 Å². The standard InChI is InChI=1S/C11H14F3NO2/c1-7-4-10(17-3)8(5-9(7)16-2)15-6-11(12,13)14/h4-5,15H,6H2,1-3H3. The van der Waals surface area contributed by atoms with Crippen LogP contribution in [-0.2, 0) is 0 Å². The average molecular weight is 249 g/mol. The number of alkyl halides is 3. The Hall–Kier alpha value is -1.59. The van der Waals surface area contributed by atoms with Gasteiger partial charge in [-0.05, 0) is 18.6 Å². The highest BCUT2D eigenvalue weighted by atomic mass is 19.4. The van der Waals surface area contributed by atoms with Gasteiger partial charge in [0.1, 0.15) is 18.0 Å². The first kappa shape index (κ1) is 13.5. The van der Waals surface area contributed by atoms with Crippen molar-refractivity contribution in [3.05, 3.63) is 17.7 Å². The summed E-state index contributed by atoms with van der Waals surface area (Å²) in [6.07, 6.45) is -4.27. The zero-order valence-electron chi connectivity index (χ0n) is 9.81. The number of hydrogen-bond acceptors (Lipinski definition) is 3. The van der Waals surface area contributed by atoms with Crippen LogP contribution in [0.2, 0.25) is 0 Å². The fourth-order valence-electron chi connectivity index (χ4n) is 1.38. The SMILES string of the molecule is COc1cc(NCC(F)(F)F)c(OC)cc1C. The van der Waals surface area contributed by atoms with Gasteiger partial charge in [0, 0.05) is 6.07 Å². The van der Waals surface area contributed by atoms with Crippen molar-refractivity contribution in [2.24, 2.45) is 0 Å². The molecule has 0 aliphatic carbocycles. The van der Waals surface area contributed by atoms with Crippen LogP contribution < -0.4 is 14.8 Å². The molecule has 1 aromatic carbocycles. The Labute approximate surface area is 97.5 Å². The third-order valence-electron chi connectivity index (χ3n) is 2.20. The molecule has 0 saturated heterocycles. The molecule has 1 N–H and O–H groups in total. The topological polar surface area (TPSA) is 30.5 Å². The number of methoxy groups -OCH3 is 2. The smallest absolute Gasteiger partial charge is 0.405 e. The van der Waals surface area contributed by atoms with E-state index in [0.717, 1.165) is 5.56 Å². The van der Waals surface area contributed by atoms with Gasteiger partial charge >= 0.3 is 6.18 Å². The summed E-state index contributed by atoms with van der Waals surface area (Å²) >= 11 is 0. The molecule has 1 aromatic rings. The van der Waals surface area contributed by atoms with Gasteiger partial charge in [-0.1, -0.05) is 0 Å². The highest BCUT2D eigenvalue weighted by Gasteiger charge is 2.27. The van der Waals surface area contributed by atoms with Crippen molar-refractivity contribution in [3.8, 4) is 11.5 Å². The maximum absolute atomic E-state index is 12.1. The lowest BCUT2D eigenvalue weighted by molar-refractivity contribution is -0.115. The number of benzene rings is 1. The summed E-state index contributed by atoms with van der Waals surface area (Å²) in [5.41, 5.74) is 1.05. The third-order valence-corrected chi connectivity index (χ3v) is 2.20. The maximum atomic E-state index is 12.1. The lowest BCUT2D eigenvalue weighted by atomic mass is 10.2. The van der Waals surface area contributed by atoms with Crippen LogP contribution >= 0.6 is 0 Å². The van der Waals surface area contributed by atoms with Crippen molar-refractivity contribution in [3.63, 3.8) is 0 Å². The maximum Gasteiger partial charge on any atom is 0.405 e. The number of rotatable bonds is 4. The Morgan fingerprint density at radius 2 is 1.71 bits per heavy atom. The second kappa shape index (κ2) is 5.16. The summed E-state index contributed by atoms with van der Waals surface area (Å²) in [5, 5.41) is 2.28. The quantitative estimate of drug-likeness (QED) is 0.889. The van der Waals surface area contributed by atoms with Gasteiger partial charge in [0.2, 0.25) is 0 Å². The summed E-state index contributed by atoms with van der Waals surface area (Å²) < 4.78 is 46.4. The van der Waals surface area contributed by atoms with Gasteiger partial charge in [0.15, 0.2) is 0 Å². The van der Waals surface area contributed by atoms with Crippen LogP contribution in [0.5, 0.6) is 11.5 Å². The molecule has 96 valence electrons. The molecule has 0 saturated carbocycles. The molecule has 17 heavy (non-hydrogen) atoms. The second-order valence-electron chi connectivity index (χ2n) is 3.49. The Morgan fingerprint density at radius 1 is 1.12 bits per heavy atom. The van der Waals surface area contributed by atoms with E-state index < -0.39 is 12.7 Å². The number of anilines is 1. The molecule has 0 radical (unpaired) electrons. The van der Waals surface area contributed by atoms with Crippen molar-refractivity contribution < 1.29 is 22.6 Å². The lowest BCUT2D eigenvalue weighted by Gasteiger charge is -2.15. The largest absolute Gasteiger partial charge is 0.496 e. The van der Waals surface area contributed by atoms with Gasteiger partial charge in [-0.25, -0.2) is 0 Å². The molecular weight excluding hydrogens is 235 g/mol. The van der Waals surface area contributed by atoms with Gasteiger partial charge in [0.05, 0.1) is 19.9 Å². The van der Waals surface area contributed by atoms with Crippen LogP contribution in [0, 0.1) is 6.92 Å². The Bertz CT molecular complexity index is 391. The van der Waals surface area contributed by atoms with E-state index in [1.165, 1.54) is 20.3 Å². The van der Waals surface area contributed by atoms with Crippen molar-refractivity contribution in [2.75, 3.05) is 26.1 Å². The molecule has 0 spiro atoms. The number of ether oxygens (including phenoxy) is 2. The monoisotopic (exact) mass is 249 g/mol. The molecule has 3 nitrogen and oxygen atoms in total. The number of aryl methyl sites for hydroxylation is 1. The van der Waals surface area contributed by atoms with E-state index >= 15 is 0 Å². The molecule has 0 aromatic heterocycles. The van der Waals surface area contributed by atoms with E-state index in [2.05, 4.69) is 5.32 Å². The van der Waals surface area contributed by atoms with Crippen LogP contribution in [0.4, 0.5) is 18.9 Å². The summed E-state index contributed by atoms with van der Waals surface area (Å²) in [4.78, 5) is 0. The van der Waals surface area contributed by atoms with Crippen LogP contribution in [-0.4, -0.2) is 26.9 Å². The molecule has 0 heterocycles. The minimum Gasteiger partial charge on any atom is -0.496 e. The molecule has 0 bridgehead atoms. The van der Waals surface area contributed by atoms with Crippen molar-refractivity contribution in [1.82, 2.24) is 0 Å². The summed E-state index contributed by atoms with van der Waals surface area (Å²) in [6.45, 7) is 0.671.